The third-order valence-corrected chi connectivity index (χ3v) is 3.14. The number of benzene rings is 1. The van der Waals surface area contributed by atoms with Crippen molar-refractivity contribution in [3.63, 3.8) is 0 Å². The SMILES string of the molecule is CC(=O)N(CCC(=O)NC(C)(C)CO)Cc1ccccc1. The first-order chi connectivity index (χ1) is 9.84. The lowest BCUT2D eigenvalue weighted by Crippen LogP contribution is -2.47. The fraction of sp³-hybridized carbons (Fsp3) is 0.500. The summed E-state index contributed by atoms with van der Waals surface area (Å²) < 4.78 is 0. The number of nitrogens with one attached hydrogen (secondary N) is 1. The van der Waals surface area contributed by atoms with Crippen molar-refractivity contribution in [1.82, 2.24) is 10.2 Å². The van der Waals surface area contributed by atoms with Crippen LogP contribution in [0.4, 0.5) is 0 Å². The average Bonchev–Trinajstić information content (AvgIpc) is 2.43. The van der Waals surface area contributed by atoms with Gasteiger partial charge in [-0.15, -0.1) is 0 Å². The predicted octanol–water partition coefficient (Wildman–Crippen LogP) is 1.31. The van der Waals surface area contributed by atoms with Gasteiger partial charge in [0.05, 0.1) is 12.1 Å². The highest BCUT2D eigenvalue weighted by Gasteiger charge is 2.19. The van der Waals surface area contributed by atoms with E-state index in [1.165, 1.54) is 6.92 Å². The van der Waals surface area contributed by atoms with Gasteiger partial charge in [0.2, 0.25) is 11.8 Å². The average molecular weight is 292 g/mol. The first-order valence-corrected chi connectivity index (χ1v) is 7.05. The number of amides is 2. The molecule has 0 aromatic heterocycles. The van der Waals surface area contributed by atoms with Crippen LogP contribution >= 0.6 is 0 Å². The second-order valence-corrected chi connectivity index (χ2v) is 5.77. The second-order valence-electron chi connectivity index (χ2n) is 5.77. The van der Waals surface area contributed by atoms with Gasteiger partial charge in [-0.1, -0.05) is 30.3 Å². The Labute approximate surface area is 126 Å². The molecule has 116 valence electrons. The van der Waals surface area contributed by atoms with Gasteiger partial charge >= 0.3 is 0 Å². The third kappa shape index (κ3) is 6.40. The topological polar surface area (TPSA) is 69.6 Å². The summed E-state index contributed by atoms with van der Waals surface area (Å²) in [6, 6.07) is 9.66. The zero-order valence-electron chi connectivity index (χ0n) is 12.9. The Balaban J connectivity index is 2.52. The maximum absolute atomic E-state index is 11.8. The lowest BCUT2D eigenvalue weighted by molar-refractivity contribution is -0.130. The summed E-state index contributed by atoms with van der Waals surface area (Å²) in [5.74, 6) is -0.235. The normalized spacial score (nSPS) is 11.0. The first kappa shape index (κ1) is 17.2. The van der Waals surface area contributed by atoms with Crippen molar-refractivity contribution in [2.45, 2.75) is 39.3 Å². The molecule has 0 atom stereocenters. The molecule has 0 aliphatic carbocycles. The monoisotopic (exact) mass is 292 g/mol. The summed E-state index contributed by atoms with van der Waals surface area (Å²) in [7, 11) is 0. The third-order valence-electron chi connectivity index (χ3n) is 3.14. The van der Waals surface area contributed by atoms with Gasteiger partial charge in [-0.05, 0) is 19.4 Å². The van der Waals surface area contributed by atoms with Crippen LogP contribution in [0.2, 0.25) is 0 Å². The summed E-state index contributed by atoms with van der Waals surface area (Å²) in [6.45, 7) is 5.72. The highest BCUT2D eigenvalue weighted by molar-refractivity contribution is 5.78. The quantitative estimate of drug-likeness (QED) is 0.796. The molecule has 0 aliphatic rings. The second kappa shape index (κ2) is 7.78. The molecular weight excluding hydrogens is 268 g/mol. The summed E-state index contributed by atoms with van der Waals surface area (Å²) >= 11 is 0. The molecular formula is C16H24N2O3. The maximum Gasteiger partial charge on any atom is 0.222 e. The Morgan fingerprint density at radius 2 is 1.86 bits per heavy atom. The zero-order valence-corrected chi connectivity index (χ0v) is 12.9. The molecule has 1 rings (SSSR count). The van der Waals surface area contributed by atoms with E-state index in [0.717, 1.165) is 5.56 Å². The van der Waals surface area contributed by atoms with E-state index in [4.69, 9.17) is 5.11 Å². The Morgan fingerprint density at radius 3 is 2.38 bits per heavy atom. The molecule has 21 heavy (non-hydrogen) atoms. The molecule has 0 heterocycles. The van der Waals surface area contributed by atoms with Crippen LogP contribution in [0.15, 0.2) is 30.3 Å². The number of aliphatic hydroxyl groups is 1. The number of rotatable bonds is 7. The standard InChI is InChI=1S/C16H24N2O3/c1-13(20)18(11-14-7-5-4-6-8-14)10-9-15(21)17-16(2,3)12-19/h4-8,19H,9-12H2,1-3H3,(H,17,21). The van der Waals surface area contributed by atoms with Crippen LogP contribution in [-0.4, -0.2) is 40.5 Å². The minimum Gasteiger partial charge on any atom is -0.394 e. The van der Waals surface area contributed by atoms with Gasteiger partial charge in [0.15, 0.2) is 0 Å². The van der Waals surface area contributed by atoms with Crippen molar-refractivity contribution in [3.05, 3.63) is 35.9 Å². The van der Waals surface area contributed by atoms with Crippen LogP contribution in [0.5, 0.6) is 0 Å². The maximum atomic E-state index is 11.8. The van der Waals surface area contributed by atoms with E-state index in [1.807, 2.05) is 30.3 Å². The molecule has 0 saturated carbocycles. The van der Waals surface area contributed by atoms with E-state index in [1.54, 1.807) is 18.7 Å². The molecule has 2 amide bonds. The zero-order chi connectivity index (χ0) is 15.9. The van der Waals surface area contributed by atoms with E-state index < -0.39 is 5.54 Å². The highest BCUT2D eigenvalue weighted by Crippen LogP contribution is 2.06. The van der Waals surface area contributed by atoms with E-state index in [0.29, 0.717) is 13.1 Å². The fourth-order valence-electron chi connectivity index (χ4n) is 1.87. The van der Waals surface area contributed by atoms with Gasteiger partial charge in [0, 0.05) is 26.4 Å². The molecule has 0 aliphatic heterocycles. The van der Waals surface area contributed by atoms with Crippen LogP contribution in [0.25, 0.3) is 0 Å². The number of hydrogen-bond acceptors (Lipinski definition) is 3. The highest BCUT2D eigenvalue weighted by atomic mass is 16.3. The van der Waals surface area contributed by atoms with E-state index in [-0.39, 0.29) is 24.8 Å². The molecule has 0 fully saturated rings. The largest absolute Gasteiger partial charge is 0.394 e. The van der Waals surface area contributed by atoms with Gasteiger partial charge in [0.1, 0.15) is 0 Å². The molecule has 0 saturated heterocycles. The molecule has 1 aromatic carbocycles. The number of carbonyl (C=O) groups excluding carboxylic acids is 2. The number of carbonyl (C=O) groups is 2. The Kier molecular flexibility index (Phi) is 6.37. The van der Waals surface area contributed by atoms with Crippen LogP contribution in [0.1, 0.15) is 32.8 Å². The molecule has 5 heteroatoms. The number of aliphatic hydroxyl groups excluding tert-OH is 1. The lowest BCUT2D eigenvalue weighted by atomic mass is 10.1. The van der Waals surface area contributed by atoms with E-state index >= 15 is 0 Å². The summed E-state index contributed by atoms with van der Waals surface area (Å²) in [6.07, 6.45) is 0.218. The van der Waals surface area contributed by atoms with Gasteiger partial charge < -0.3 is 15.3 Å². The van der Waals surface area contributed by atoms with Crippen molar-refractivity contribution in [3.8, 4) is 0 Å². The first-order valence-electron chi connectivity index (χ1n) is 7.05. The van der Waals surface area contributed by atoms with Crippen LogP contribution < -0.4 is 5.32 Å². The van der Waals surface area contributed by atoms with Crippen molar-refractivity contribution in [2.75, 3.05) is 13.2 Å². The van der Waals surface area contributed by atoms with E-state index in [2.05, 4.69) is 5.32 Å². The summed E-state index contributed by atoms with van der Waals surface area (Å²) in [4.78, 5) is 25.1. The predicted molar refractivity (Wildman–Crippen MR) is 81.5 cm³/mol. The van der Waals surface area contributed by atoms with Gasteiger partial charge in [-0.2, -0.15) is 0 Å². The van der Waals surface area contributed by atoms with Gasteiger partial charge in [-0.3, -0.25) is 9.59 Å². The summed E-state index contributed by atoms with van der Waals surface area (Å²) in [5, 5.41) is 11.9. The van der Waals surface area contributed by atoms with Crippen molar-refractivity contribution >= 4 is 11.8 Å². The Bertz CT molecular complexity index is 472. The Morgan fingerprint density at radius 1 is 1.24 bits per heavy atom. The molecule has 0 unspecified atom stereocenters. The van der Waals surface area contributed by atoms with E-state index in [9.17, 15) is 9.59 Å². The van der Waals surface area contributed by atoms with Gasteiger partial charge in [-0.25, -0.2) is 0 Å². The van der Waals surface area contributed by atoms with Gasteiger partial charge in [0.25, 0.3) is 0 Å². The summed E-state index contributed by atoms with van der Waals surface area (Å²) in [5.41, 5.74) is 0.390. The van der Waals surface area contributed by atoms with Crippen molar-refractivity contribution < 1.29 is 14.7 Å². The molecule has 0 bridgehead atoms. The van der Waals surface area contributed by atoms with Crippen molar-refractivity contribution in [2.24, 2.45) is 0 Å². The Hall–Kier alpha value is -1.88. The molecule has 2 N–H and O–H groups in total. The molecule has 0 spiro atoms. The smallest absolute Gasteiger partial charge is 0.222 e. The number of hydrogen-bond donors (Lipinski definition) is 2. The number of nitrogens with zero attached hydrogens (tertiary/aromatic N) is 1. The molecule has 0 radical (unpaired) electrons. The minimum atomic E-state index is -0.641. The van der Waals surface area contributed by atoms with Crippen molar-refractivity contribution in [1.29, 1.82) is 0 Å². The lowest BCUT2D eigenvalue weighted by Gasteiger charge is -2.25. The molecule has 1 aromatic rings. The van der Waals surface area contributed by atoms with Crippen LogP contribution in [0, 0.1) is 0 Å². The fourth-order valence-corrected chi connectivity index (χ4v) is 1.87. The van der Waals surface area contributed by atoms with Crippen LogP contribution in [0.3, 0.4) is 0 Å². The minimum absolute atomic E-state index is 0.0620. The molecule has 5 nitrogen and oxygen atoms in total. The van der Waals surface area contributed by atoms with Crippen LogP contribution in [-0.2, 0) is 16.1 Å².